The van der Waals surface area contributed by atoms with E-state index in [1.807, 2.05) is 30.3 Å². The van der Waals surface area contributed by atoms with Crippen LogP contribution in [0.3, 0.4) is 0 Å². The number of hydrogen-bond donors (Lipinski definition) is 0. The molecule has 0 aromatic heterocycles. The normalized spacial score (nSPS) is 12.5. The topological polar surface area (TPSA) is 71.1 Å². The summed E-state index contributed by atoms with van der Waals surface area (Å²) in [5.41, 5.74) is 3.35. The smallest absolute Gasteiger partial charge is 0.376 e. The van der Waals surface area contributed by atoms with E-state index in [0.29, 0.717) is 13.0 Å². The van der Waals surface area contributed by atoms with Crippen molar-refractivity contribution in [3.05, 3.63) is 60.2 Å². The third-order valence-corrected chi connectivity index (χ3v) is 8.21. The lowest BCUT2D eigenvalue weighted by Gasteiger charge is -2.19. The summed E-state index contributed by atoms with van der Waals surface area (Å²) in [5, 5.41) is -0.220. The van der Waals surface area contributed by atoms with Crippen molar-refractivity contribution in [3.63, 3.8) is 0 Å². The summed E-state index contributed by atoms with van der Waals surface area (Å²) in [5.74, 6) is 0. The van der Waals surface area contributed by atoms with E-state index in [-0.39, 0.29) is 23.6 Å². The van der Waals surface area contributed by atoms with E-state index < -0.39 is 7.82 Å². The highest BCUT2D eigenvalue weighted by atomic mass is 32.2. The van der Waals surface area contributed by atoms with E-state index in [1.54, 1.807) is 0 Å². The molecular formula is C28H41O6PS. The van der Waals surface area contributed by atoms with Crippen LogP contribution in [0.25, 0.3) is 11.1 Å². The van der Waals surface area contributed by atoms with Gasteiger partial charge in [-0.25, -0.2) is 4.57 Å². The van der Waals surface area contributed by atoms with Gasteiger partial charge in [0.05, 0.1) is 25.1 Å². The first-order valence-corrected chi connectivity index (χ1v) is 15.1. The van der Waals surface area contributed by atoms with Crippen LogP contribution < -0.4 is 0 Å². The molecule has 0 N–H and O–H groups in total. The predicted molar refractivity (Wildman–Crippen MR) is 148 cm³/mol. The summed E-state index contributed by atoms with van der Waals surface area (Å²) < 4.78 is 33.3. The van der Waals surface area contributed by atoms with Gasteiger partial charge in [0.2, 0.25) is 0 Å². The second kappa shape index (κ2) is 17.9. The van der Waals surface area contributed by atoms with Gasteiger partial charge in [0.25, 0.3) is 0 Å². The van der Waals surface area contributed by atoms with Crippen LogP contribution in [0.2, 0.25) is 0 Å². The van der Waals surface area contributed by atoms with E-state index in [4.69, 9.17) is 18.3 Å². The lowest BCUT2D eigenvalue weighted by Crippen LogP contribution is -2.21. The highest BCUT2D eigenvalue weighted by Crippen LogP contribution is 2.48. The number of carbonyl (C=O) groups excluding carboxylic acids is 1. The van der Waals surface area contributed by atoms with Gasteiger partial charge in [-0.05, 0) is 23.1 Å². The molecular weight excluding hydrogens is 495 g/mol. The molecule has 36 heavy (non-hydrogen) atoms. The minimum absolute atomic E-state index is 0.0271. The molecule has 6 nitrogen and oxygen atoms in total. The molecule has 0 spiro atoms. The SMILES string of the molecule is CCCCCCCCCC(=O)S[C@@H](COCc1ccc(-c2ccccc2)cc1)COP(=O)(OC)OC. The minimum atomic E-state index is -3.62. The summed E-state index contributed by atoms with van der Waals surface area (Å²) in [6.45, 7) is 2.92. The predicted octanol–water partition coefficient (Wildman–Crippen LogP) is 8.06. The first-order chi connectivity index (χ1) is 17.5. The molecule has 0 aliphatic carbocycles. The number of hydrogen-bond acceptors (Lipinski definition) is 7. The highest BCUT2D eigenvalue weighted by molar-refractivity contribution is 8.14. The van der Waals surface area contributed by atoms with Crippen molar-refractivity contribution in [1.29, 1.82) is 0 Å². The van der Waals surface area contributed by atoms with E-state index >= 15 is 0 Å². The van der Waals surface area contributed by atoms with Gasteiger partial charge in [0.15, 0.2) is 5.12 Å². The molecule has 1 atom stereocenters. The van der Waals surface area contributed by atoms with E-state index in [9.17, 15) is 9.36 Å². The fourth-order valence-corrected chi connectivity index (χ4v) is 5.43. The Kier molecular flexibility index (Phi) is 15.3. The minimum Gasteiger partial charge on any atom is -0.376 e. The molecule has 2 rings (SSSR count). The lowest BCUT2D eigenvalue weighted by molar-refractivity contribution is -0.111. The number of thioether (sulfide) groups is 1. The lowest BCUT2D eigenvalue weighted by atomic mass is 10.0. The maximum atomic E-state index is 12.6. The van der Waals surface area contributed by atoms with Gasteiger partial charge in [0.1, 0.15) is 0 Å². The molecule has 0 aliphatic heterocycles. The van der Waals surface area contributed by atoms with Gasteiger partial charge in [-0.1, -0.05) is 112 Å². The zero-order valence-electron chi connectivity index (χ0n) is 21.9. The zero-order chi connectivity index (χ0) is 26.1. The molecule has 0 radical (unpaired) electrons. The summed E-state index contributed by atoms with van der Waals surface area (Å²) in [6.07, 6.45) is 8.64. The van der Waals surface area contributed by atoms with Gasteiger partial charge < -0.3 is 4.74 Å². The molecule has 2 aromatic rings. The molecule has 0 aliphatic rings. The van der Waals surface area contributed by atoms with Crippen molar-refractivity contribution >= 4 is 24.7 Å². The van der Waals surface area contributed by atoms with Crippen LogP contribution in [0.5, 0.6) is 0 Å². The Balaban J connectivity index is 1.82. The molecule has 200 valence electrons. The number of benzene rings is 2. The summed E-state index contributed by atoms with van der Waals surface area (Å²) in [6, 6.07) is 18.4. The largest absolute Gasteiger partial charge is 0.474 e. The number of carbonyl (C=O) groups is 1. The Morgan fingerprint density at radius 1 is 0.833 bits per heavy atom. The number of phosphoric ester groups is 1. The van der Waals surface area contributed by atoms with Crippen molar-refractivity contribution in [1.82, 2.24) is 0 Å². The second-order valence-corrected chi connectivity index (χ2v) is 11.9. The van der Waals surface area contributed by atoms with Crippen molar-refractivity contribution in [2.24, 2.45) is 0 Å². The number of phosphoric acid groups is 1. The quantitative estimate of drug-likeness (QED) is 0.133. The maximum absolute atomic E-state index is 12.6. The zero-order valence-corrected chi connectivity index (χ0v) is 23.6. The Bertz CT molecular complexity index is 898. The van der Waals surface area contributed by atoms with Crippen LogP contribution in [-0.2, 0) is 34.3 Å². The maximum Gasteiger partial charge on any atom is 0.474 e. The van der Waals surface area contributed by atoms with Crippen LogP contribution in [0.15, 0.2) is 54.6 Å². The van der Waals surface area contributed by atoms with E-state index in [0.717, 1.165) is 24.0 Å². The molecule has 0 bridgehead atoms. The van der Waals surface area contributed by atoms with Crippen molar-refractivity contribution < 1.29 is 27.7 Å². The molecule has 8 heteroatoms. The van der Waals surface area contributed by atoms with Gasteiger partial charge in [0, 0.05) is 20.6 Å². The second-order valence-electron chi connectivity index (χ2n) is 8.67. The molecule has 0 saturated carbocycles. The van der Waals surface area contributed by atoms with Gasteiger partial charge in [-0.3, -0.25) is 18.4 Å². The fraction of sp³-hybridized carbons (Fsp3) is 0.536. The Hall–Kier alpha value is -1.47. The van der Waals surface area contributed by atoms with Crippen LogP contribution in [0, 0.1) is 0 Å². The monoisotopic (exact) mass is 536 g/mol. The average molecular weight is 537 g/mol. The molecule has 0 fully saturated rings. The first-order valence-electron chi connectivity index (χ1n) is 12.8. The third kappa shape index (κ3) is 12.2. The molecule has 0 amide bonds. The number of rotatable bonds is 19. The van der Waals surface area contributed by atoms with Crippen molar-refractivity contribution in [2.45, 2.75) is 70.1 Å². The highest BCUT2D eigenvalue weighted by Gasteiger charge is 2.26. The van der Waals surface area contributed by atoms with E-state index in [1.165, 1.54) is 63.6 Å². The van der Waals surface area contributed by atoms with E-state index in [2.05, 4.69) is 31.2 Å². The molecule has 2 aromatic carbocycles. The molecule has 0 unspecified atom stereocenters. The van der Waals surface area contributed by atoms with Crippen LogP contribution in [0.1, 0.15) is 63.9 Å². The Labute approximate surface area is 221 Å². The summed E-state index contributed by atoms with van der Waals surface area (Å²) in [7, 11) is -1.08. The number of unbranched alkanes of at least 4 members (excludes halogenated alkanes) is 6. The Morgan fingerprint density at radius 2 is 1.44 bits per heavy atom. The fourth-order valence-electron chi connectivity index (χ4n) is 3.67. The first kappa shape index (κ1) is 30.8. The van der Waals surface area contributed by atoms with Gasteiger partial charge in [-0.15, -0.1) is 0 Å². The van der Waals surface area contributed by atoms with Crippen molar-refractivity contribution in [2.75, 3.05) is 27.4 Å². The summed E-state index contributed by atoms with van der Waals surface area (Å²) in [4.78, 5) is 12.6. The van der Waals surface area contributed by atoms with Crippen LogP contribution >= 0.6 is 19.6 Å². The average Bonchev–Trinajstić information content (AvgIpc) is 2.92. The standard InChI is InChI=1S/C28H41O6PS/c1-4-5-6-7-8-9-13-16-28(29)36-27(23-34-35(30,31-2)32-3)22-33-21-24-17-19-26(20-18-24)25-14-11-10-12-15-25/h10-12,14-15,17-20,27H,4-9,13,16,21-23H2,1-3H3/t27-/m0/s1. The third-order valence-electron chi connectivity index (χ3n) is 5.78. The Morgan fingerprint density at radius 3 is 2.08 bits per heavy atom. The van der Waals surface area contributed by atoms with Crippen LogP contribution in [0.4, 0.5) is 0 Å². The van der Waals surface area contributed by atoms with Crippen molar-refractivity contribution in [3.8, 4) is 11.1 Å². The van der Waals surface area contributed by atoms with Gasteiger partial charge >= 0.3 is 7.82 Å². The van der Waals surface area contributed by atoms with Gasteiger partial charge in [-0.2, -0.15) is 0 Å². The molecule has 0 heterocycles. The molecule has 0 saturated heterocycles. The summed E-state index contributed by atoms with van der Waals surface area (Å²) >= 11 is 1.19. The number of ether oxygens (including phenoxy) is 1. The van der Waals surface area contributed by atoms with Crippen LogP contribution in [-0.4, -0.2) is 37.8 Å².